The van der Waals surface area contributed by atoms with Crippen LogP contribution in [0, 0.1) is 13.8 Å². The Labute approximate surface area is 151 Å². The second-order valence-electron chi connectivity index (χ2n) is 5.71. The number of rotatable bonds is 8. The fraction of sp³-hybridized carbons (Fsp3) is 0.389. The van der Waals surface area contributed by atoms with Crippen molar-refractivity contribution < 1.29 is 14.3 Å². The summed E-state index contributed by atoms with van der Waals surface area (Å²) in [6.45, 7) is 5.15. The molecule has 2 aromatic rings. The average molecular weight is 361 g/mol. The summed E-state index contributed by atoms with van der Waals surface area (Å²) < 4.78 is 5.06. The van der Waals surface area contributed by atoms with E-state index >= 15 is 0 Å². The fourth-order valence-electron chi connectivity index (χ4n) is 2.32. The zero-order valence-electron chi connectivity index (χ0n) is 14.7. The first kappa shape index (κ1) is 19.1. The summed E-state index contributed by atoms with van der Waals surface area (Å²) in [6.07, 6.45) is 1.49. The Hall–Kier alpha value is -2.25. The van der Waals surface area contributed by atoms with Crippen LogP contribution in [0.25, 0.3) is 0 Å². The van der Waals surface area contributed by atoms with E-state index in [0.717, 1.165) is 21.8 Å². The van der Waals surface area contributed by atoms with Crippen molar-refractivity contribution in [3.05, 3.63) is 45.9 Å². The number of carbonyl (C=O) groups excluding carboxylic acids is 2. The molecule has 0 bridgehead atoms. The van der Waals surface area contributed by atoms with E-state index in [4.69, 9.17) is 4.74 Å². The van der Waals surface area contributed by atoms with Crippen molar-refractivity contribution in [3.8, 4) is 0 Å². The molecule has 25 heavy (non-hydrogen) atoms. The van der Waals surface area contributed by atoms with Crippen LogP contribution in [0.1, 0.15) is 22.6 Å². The average Bonchev–Trinajstić information content (AvgIpc) is 3.08. The number of ether oxygens (including phenoxy) is 1. The van der Waals surface area contributed by atoms with E-state index in [1.165, 1.54) is 11.3 Å². The summed E-state index contributed by atoms with van der Waals surface area (Å²) in [5, 5.41) is 5.52. The molecule has 0 fully saturated rings. The number of nitrogens with one attached hydrogen (secondary N) is 1. The van der Waals surface area contributed by atoms with Crippen LogP contribution in [0.15, 0.2) is 29.8 Å². The van der Waals surface area contributed by atoms with Crippen LogP contribution in [0.3, 0.4) is 0 Å². The number of thiazole rings is 1. The van der Waals surface area contributed by atoms with E-state index in [2.05, 4.69) is 10.3 Å². The maximum absolute atomic E-state index is 12.5. The zero-order chi connectivity index (χ0) is 18.2. The van der Waals surface area contributed by atoms with Gasteiger partial charge in [0.1, 0.15) is 11.4 Å². The molecule has 1 aromatic heterocycles. The largest absolute Gasteiger partial charge is 0.383 e. The number of nitrogens with zero attached hydrogens (tertiary/aromatic N) is 2. The van der Waals surface area contributed by atoms with Gasteiger partial charge in [0, 0.05) is 30.9 Å². The van der Waals surface area contributed by atoms with Gasteiger partial charge in [-0.1, -0.05) is 12.1 Å². The minimum Gasteiger partial charge on any atom is -0.383 e. The Morgan fingerprint density at radius 2 is 2.12 bits per heavy atom. The Bertz CT molecular complexity index is 716. The first-order valence-electron chi connectivity index (χ1n) is 8.02. The molecule has 1 N–H and O–H groups in total. The predicted octanol–water partition coefficient (Wildman–Crippen LogP) is 2.76. The summed E-state index contributed by atoms with van der Waals surface area (Å²) in [6, 6.07) is 5.70. The molecule has 6 nitrogen and oxygen atoms in total. The van der Waals surface area contributed by atoms with Crippen molar-refractivity contribution in [1.29, 1.82) is 0 Å². The number of hydrogen-bond donors (Lipinski definition) is 1. The topological polar surface area (TPSA) is 71.5 Å². The van der Waals surface area contributed by atoms with Crippen molar-refractivity contribution in [2.75, 3.05) is 25.6 Å². The quantitative estimate of drug-likeness (QED) is 0.734. The van der Waals surface area contributed by atoms with Crippen molar-refractivity contribution >= 4 is 28.8 Å². The summed E-state index contributed by atoms with van der Waals surface area (Å²) in [7, 11) is 1.58. The van der Waals surface area contributed by atoms with Gasteiger partial charge in [-0.25, -0.2) is 4.98 Å². The molecule has 0 spiro atoms. The molecule has 0 atom stereocenters. The fourth-order valence-corrected chi connectivity index (χ4v) is 2.95. The van der Waals surface area contributed by atoms with Gasteiger partial charge in [-0.15, -0.1) is 11.3 Å². The van der Waals surface area contributed by atoms with E-state index < -0.39 is 0 Å². The molecule has 134 valence electrons. The molecule has 1 aromatic carbocycles. The van der Waals surface area contributed by atoms with E-state index in [1.807, 2.05) is 37.4 Å². The van der Waals surface area contributed by atoms with Crippen LogP contribution < -0.4 is 5.32 Å². The minimum absolute atomic E-state index is 0.206. The number of hydrogen-bond acceptors (Lipinski definition) is 5. The van der Waals surface area contributed by atoms with Crippen molar-refractivity contribution in [3.63, 3.8) is 0 Å². The molecule has 0 radical (unpaired) electrons. The summed E-state index contributed by atoms with van der Waals surface area (Å²) in [4.78, 5) is 30.6. The standard InChI is InChI=1S/C18H23N3O3S/c1-13-5-4-6-15(14(13)2)20-16(22)11-18(23)21(8-9-24-3)12-17-19-7-10-25-17/h4-7,10H,8-9,11-12H2,1-3H3,(H,20,22). The van der Waals surface area contributed by atoms with Crippen LogP contribution in [0.5, 0.6) is 0 Å². The number of amides is 2. The SMILES string of the molecule is COCCN(Cc1nccs1)C(=O)CC(=O)Nc1cccc(C)c1C. The van der Waals surface area contributed by atoms with Crippen LogP contribution in [0.4, 0.5) is 5.69 Å². The van der Waals surface area contributed by atoms with Crippen molar-refractivity contribution in [2.45, 2.75) is 26.8 Å². The second-order valence-corrected chi connectivity index (χ2v) is 6.69. The van der Waals surface area contributed by atoms with Crippen LogP contribution >= 0.6 is 11.3 Å². The highest BCUT2D eigenvalue weighted by Crippen LogP contribution is 2.18. The van der Waals surface area contributed by atoms with Crippen molar-refractivity contribution in [2.24, 2.45) is 0 Å². The normalized spacial score (nSPS) is 10.5. The third-order valence-corrected chi connectivity index (χ3v) is 4.68. The summed E-state index contributed by atoms with van der Waals surface area (Å²) in [5.41, 5.74) is 2.83. The van der Waals surface area contributed by atoms with Crippen molar-refractivity contribution in [1.82, 2.24) is 9.88 Å². The highest BCUT2D eigenvalue weighted by molar-refractivity contribution is 7.09. The lowest BCUT2D eigenvalue weighted by atomic mass is 10.1. The van der Waals surface area contributed by atoms with Gasteiger partial charge < -0.3 is 15.0 Å². The molecular weight excluding hydrogens is 338 g/mol. The Morgan fingerprint density at radius 1 is 1.32 bits per heavy atom. The zero-order valence-corrected chi connectivity index (χ0v) is 15.6. The number of carbonyl (C=O) groups is 2. The molecule has 1 heterocycles. The number of anilines is 1. The highest BCUT2D eigenvalue weighted by Gasteiger charge is 2.19. The molecule has 2 rings (SSSR count). The van der Waals surface area contributed by atoms with Crippen LogP contribution in [-0.4, -0.2) is 42.0 Å². The van der Waals surface area contributed by atoms with Gasteiger partial charge >= 0.3 is 0 Å². The second kappa shape index (κ2) is 9.29. The van der Waals surface area contributed by atoms with Gasteiger partial charge in [0.05, 0.1) is 13.2 Å². The number of methoxy groups -OCH3 is 1. The molecule has 2 amide bonds. The van der Waals surface area contributed by atoms with E-state index in [1.54, 1.807) is 18.2 Å². The van der Waals surface area contributed by atoms with E-state index in [-0.39, 0.29) is 18.2 Å². The monoisotopic (exact) mass is 361 g/mol. The van der Waals surface area contributed by atoms with Gasteiger partial charge in [-0.3, -0.25) is 9.59 Å². The number of benzene rings is 1. The third kappa shape index (κ3) is 5.65. The first-order valence-corrected chi connectivity index (χ1v) is 8.90. The van der Waals surface area contributed by atoms with Crippen LogP contribution in [-0.2, 0) is 20.9 Å². The molecule has 0 saturated heterocycles. The van der Waals surface area contributed by atoms with Crippen LogP contribution in [0.2, 0.25) is 0 Å². The minimum atomic E-state index is -0.319. The summed E-state index contributed by atoms with van der Waals surface area (Å²) >= 11 is 1.48. The maximum atomic E-state index is 12.5. The van der Waals surface area contributed by atoms with Gasteiger partial charge in [-0.2, -0.15) is 0 Å². The summed E-state index contributed by atoms with van der Waals surface area (Å²) in [5.74, 6) is -0.560. The molecule has 0 aliphatic heterocycles. The van der Waals surface area contributed by atoms with Gasteiger partial charge in [0.25, 0.3) is 0 Å². The molecule has 0 aliphatic rings. The number of aryl methyl sites for hydroxylation is 1. The molecule has 0 aliphatic carbocycles. The lowest BCUT2D eigenvalue weighted by Gasteiger charge is -2.21. The molecule has 7 heteroatoms. The van der Waals surface area contributed by atoms with Gasteiger partial charge in [-0.05, 0) is 31.0 Å². The van der Waals surface area contributed by atoms with Gasteiger partial charge in [0.2, 0.25) is 11.8 Å². The molecule has 0 saturated carbocycles. The Balaban J connectivity index is 1.98. The Morgan fingerprint density at radius 3 is 2.80 bits per heavy atom. The third-order valence-electron chi connectivity index (χ3n) is 3.92. The van der Waals surface area contributed by atoms with E-state index in [9.17, 15) is 9.59 Å². The molecule has 0 unspecified atom stereocenters. The number of aromatic nitrogens is 1. The molecular formula is C18H23N3O3S. The lowest BCUT2D eigenvalue weighted by Crippen LogP contribution is -2.35. The van der Waals surface area contributed by atoms with E-state index in [0.29, 0.717) is 19.7 Å². The smallest absolute Gasteiger partial charge is 0.233 e. The highest BCUT2D eigenvalue weighted by atomic mass is 32.1. The lowest BCUT2D eigenvalue weighted by molar-refractivity contribution is -0.135. The first-order chi connectivity index (χ1) is 12.0. The predicted molar refractivity (Wildman–Crippen MR) is 98.6 cm³/mol. The van der Waals surface area contributed by atoms with Gasteiger partial charge in [0.15, 0.2) is 0 Å². The Kier molecular flexibility index (Phi) is 7.09. The maximum Gasteiger partial charge on any atom is 0.233 e.